The zero-order valence-corrected chi connectivity index (χ0v) is 60.2. The average Bonchev–Trinajstić information content (AvgIpc) is 1.53. The number of rotatable bonds is 12. The minimum atomic E-state index is -1.09. The minimum Gasteiger partial charge on any atom is -0.611 e. The first kappa shape index (κ1) is 73.5. The summed E-state index contributed by atoms with van der Waals surface area (Å²) in [5.41, 5.74) is 7.58. The number of hydrogen-bond donors (Lipinski definition) is 0. The summed E-state index contributed by atoms with van der Waals surface area (Å²) >= 11 is 0. The number of hydrogen-bond acceptors (Lipinski definition) is 7. The van der Waals surface area contributed by atoms with Crippen molar-refractivity contribution in [2.45, 2.75) is 27.7 Å². The van der Waals surface area contributed by atoms with Gasteiger partial charge in [-0.25, -0.2) is 35.1 Å². The number of benzene rings is 2. The quantitative estimate of drug-likeness (QED) is 0.0392. The van der Waals surface area contributed by atoms with Gasteiger partial charge < -0.3 is 14.7 Å². The third-order valence-corrected chi connectivity index (χ3v) is 15.0. The maximum Gasteiger partial charge on any atom is 3.00 e. The van der Waals surface area contributed by atoms with Crippen molar-refractivity contribution < 1.29 is 155 Å². The van der Waals surface area contributed by atoms with Crippen molar-refractivity contribution in [1.82, 2.24) is 29.9 Å². The van der Waals surface area contributed by atoms with Crippen LogP contribution in [0.2, 0.25) is 0 Å². The Balaban J connectivity index is 0.000000204. The second-order valence-electron chi connectivity index (χ2n) is 21.6. The number of pyridine rings is 6. The zero-order chi connectivity index (χ0) is 68.7. The summed E-state index contributed by atoms with van der Waals surface area (Å²) in [6.45, 7) is 8.24. The summed E-state index contributed by atoms with van der Waals surface area (Å²) < 4.78 is 135. The summed E-state index contributed by atoms with van der Waals surface area (Å²) in [7, 11) is 11.6. The Morgan fingerprint density at radius 3 is 0.850 bits per heavy atom. The van der Waals surface area contributed by atoms with E-state index in [2.05, 4.69) is 142 Å². The molecule has 100 heavy (non-hydrogen) atoms. The normalized spacial score (nSPS) is 14.4. The average molecular weight is 1800 g/mol. The van der Waals surface area contributed by atoms with E-state index in [1.54, 1.807) is 0 Å². The molecule has 12 heterocycles. The predicted molar refractivity (Wildman–Crippen MR) is 325 cm³/mol. The van der Waals surface area contributed by atoms with Crippen LogP contribution in [0.3, 0.4) is 0 Å². The Morgan fingerprint density at radius 1 is 0.350 bits per heavy atom. The van der Waals surface area contributed by atoms with Gasteiger partial charge >= 0.3 is 96.7 Å². The van der Waals surface area contributed by atoms with E-state index in [0.29, 0.717) is 45.6 Å². The molecule has 0 radical (unpaired) electrons. The van der Waals surface area contributed by atoms with Crippen LogP contribution in [0.15, 0.2) is 133 Å². The van der Waals surface area contributed by atoms with E-state index < -0.39 is 47.6 Å². The van der Waals surface area contributed by atoms with Crippen LogP contribution >= 0.6 is 0 Å². The molecule has 0 atom stereocenters. The number of nitrogens with zero attached hydrogens (tertiary/aromatic N) is 18. The summed E-state index contributed by atoms with van der Waals surface area (Å²) in [4.78, 5) is 20.2. The second kappa shape index (κ2) is 30.6. The number of aromatic nitrogens is 6. The molecule has 0 fully saturated rings. The molecule has 2 aromatic carbocycles. The molecule has 496 valence electrons. The molecule has 0 amide bonds. The van der Waals surface area contributed by atoms with Gasteiger partial charge in [0, 0.05) is 27.7 Å². The molecule has 0 bridgehead atoms. The van der Waals surface area contributed by atoms with Crippen LogP contribution in [-0.4, -0.2) is 163 Å². The molecule has 0 unspecified atom stereocenters. The van der Waals surface area contributed by atoms with Crippen molar-refractivity contribution in [2.24, 2.45) is 0 Å². The molecule has 0 aliphatic carbocycles. The summed E-state index contributed by atoms with van der Waals surface area (Å²) in [6, 6.07) is 56.3. The Bertz CT molecular complexity index is 5060. The second-order valence-corrected chi connectivity index (χ2v) is 21.6. The third-order valence-electron chi connectivity index (χ3n) is 15.0. The van der Waals surface area contributed by atoms with Gasteiger partial charge in [0.15, 0.2) is 42.3 Å². The van der Waals surface area contributed by atoms with Crippen LogP contribution in [0.4, 0.5) is 69.2 Å². The van der Waals surface area contributed by atoms with Crippen LogP contribution in [0, 0.1) is 96.1 Å². The maximum atomic E-state index is 13.6. The maximum absolute atomic E-state index is 13.6. The van der Waals surface area contributed by atoms with E-state index in [9.17, 15) is 35.1 Å². The van der Waals surface area contributed by atoms with E-state index >= 15 is 0 Å². The van der Waals surface area contributed by atoms with Gasteiger partial charge in [0.2, 0.25) is 49.6 Å². The standard InChI is InChI=1S/C40H38N12O.2C15H5F4N3.Ir.Pt.Rh/c1-29-31(3)51(27-45(29)9)35-21-39(37(49-17-13-43(7)25-49)19-33(35)47-15-11-41(5)23-47)53-40-22-36(52-28-46(10)30(2)32(52)4)34(48-16-12-42(6)24-48)20-38(40)50-18-14-44(8)26-50;2*16-12-6-4-8(14(18)21-12)10-2-1-3-11(20-10)9-5-7-13(17)22-15(9)19;;;/h11-18H,1-10H3;2*1-3,6-7H;;;/q+8;2*-2;+3;+2;+3. The first-order chi connectivity index (χ1) is 46.4. The summed E-state index contributed by atoms with van der Waals surface area (Å²) in [5.74, 6) is -7.66. The topological polar surface area (TPSA) is 123 Å². The van der Waals surface area contributed by atoms with E-state index in [4.69, 9.17) is 4.74 Å². The molecule has 0 saturated carbocycles. The summed E-state index contributed by atoms with van der Waals surface area (Å²) in [6.07, 6.45) is 15.4. The van der Waals surface area contributed by atoms with Gasteiger partial charge in [-0.15, -0.1) is 51.7 Å². The third kappa shape index (κ3) is 15.4. The molecule has 0 N–H and O–H groups in total. The van der Waals surface area contributed by atoms with Crippen molar-refractivity contribution in [3.63, 3.8) is 0 Å². The van der Waals surface area contributed by atoms with Crippen molar-refractivity contribution >= 4 is 70.2 Å². The van der Waals surface area contributed by atoms with Crippen molar-refractivity contribution in [2.75, 3.05) is 42.3 Å². The SMILES string of the molecule is CC1=C(C)[N+](c2[c-]c(Oc3[c-]c([N+]4=C=[N+](C)C(C)=C4C)c([N+]4=C=[N+](C)C=C4)[c-]c3[N+]3=C=[N+](C)C=C3)c([N+]3=C=[N+](C)C=C3)[c-]c2[N+]2=C=[N+](C)C=C2)=C=[N+]1C.Fc1c[c-]c(-c2cccc(-c3[c-]cc(F)nc3F)n2)c(F)n1.Fc1c[c-]c(-c2cccc(-c3[c-]cc(F)nc3F)n2)c(F)n1.[Ir+3].[Pt+2].[Rh+3]. The Hall–Kier alpha value is -10.7. The van der Waals surface area contributed by atoms with E-state index in [-0.39, 0.29) is 106 Å². The molecule has 14 rings (SSSR count). The van der Waals surface area contributed by atoms with Crippen LogP contribution in [0.25, 0.3) is 45.0 Å². The molecule has 30 heteroatoms. The largest absolute Gasteiger partial charge is 3.00 e. The molecule has 6 aliphatic rings. The first-order valence-corrected chi connectivity index (χ1v) is 28.9. The minimum absolute atomic E-state index is 0. The number of halogens is 8. The fourth-order valence-corrected chi connectivity index (χ4v) is 9.76. The number of allylic oxidation sites excluding steroid dienone is 4. The van der Waals surface area contributed by atoms with Crippen LogP contribution < -0.4 is 4.74 Å². The molecular weight excluding hydrogens is 1750 g/mol. The molecule has 6 aromatic heterocycles. The van der Waals surface area contributed by atoms with Gasteiger partial charge in [-0.3, -0.25) is 19.9 Å². The zero-order valence-electron chi connectivity index (χ0n) is 53.9. The van der Waals surface area contributed by atoms with Gasteiger partial charge in [-0.1, -0.05) is 110 Å². The van der Waals surface area contributed by atoms with E-state index in [1.165, 1.54) is 36.4 Å². The fourth-order valence-electron chi connectivity index (χ4n) is 9.76. The van der Waals surface area contributed by atoms with Gasteiger partial charge in [-0.2, -0.15) is 24.3 Å². The van der Waals surface area contributed by atoms with Crippen LogP contribution in [-0.2, 0) is 60.6 Å². The van der Waals surface area contributed by atoms with Gasteiger partial charge in [-0.05, 0) is 34.3 Å². The monoisotopic (exact) mass is 1800 g/mol. The van der Waals surface area contributed by atoms with E-state index in [0.717, 1.165) is 47.1 Å². The first-order valence-electron chi connectivity index (χ1n) is 28.9. The Morgan fingerprint density at radius 2 is 0.620 bits per heavy atom. The van der Waals surface area contributed by atoms with Crippen LogP contribution in [0.5, 0.6) is 11.5 Å². The molecule has 6 aliphatic heterocycles. The van der Waals surface area contributed by atoms with Crippen molar-refractivity contribution in [1.29, 1.82) is 0 Å². The Labute approximate surface area is 607 Å². The van der Waals surface area contributed by atoms with Crippen LogP contribution in [0.1, 0.15) is 27.7 Å². The van der Waals surface area contributed by atoms with E-state index in [1.807, 2.05) is 147 Å². The summed E-state index contributed by atoms with van der Waals surface area (Å²) in [5, 5.41) is 0. The Kier molecular flexibility index (Phi) is 22.5. The predicted octanol–water partition coefficient (Wildman–Crippen LogP) is 10.6. The fraction of sp³-hybridized carbons (Fsp3) is 0.143. The van der Waals surface area contributed by atoms with Crippen molar-refractivity contribution in [3.05, 3.63) is 229 Å². The van der Waals surface area contributed by atoms with Crippen molar-refractivity contribution in [3.8, 4) is 56.5 Å². The molecule has 8 aromatic rings. The van der Waals surface area contributed by atoms with Gasteiger partial charge in [0.05, 0.1) is 34.1 Å². The van der Waals surface area contributed by atoms with Gasteiger partial charge in [0.1, 0.15) is 47.6 Å². The molecule has 0 saturated heterocycles. The molecule has 0 spiro atoms. The van der Waals surface area contributed by atoms with Gasteiger partial charge in [0.25, 0.3) is 22.8 Å². The molecule has 19 nitrogen and oxygen atoms in total. The molecular formula is C70H48F8IrN18OPtRh+12. The smallest absolute Gasteiger partial charge is 0.611 e. The number of ether oxygens (including phenoxy) is 1.